The number of hydrogen-bond donors (Lipinski definition) is 1. The first-order valence-corrected chi connectivity index (χ1v) is 10.2. The van der Waals surface area contributed by atoms with Gasteiger partial charge in [0.15, 0.2) is 0 Å². The molecule has 0 spiro atoms. The van der Waals surface area contributed by atoms with Gasteiger partial charge < -0.3 is 14.8 Å². The average Bonchev–Trinajstić information content (AvgIpc) is 2.87. The van der Waals surface area contributed by atoms with Gasteiger partial charge in [0.2, 0.25) is 0 Å². The molecule has 3 aromatic rings. The highest BCUT2D eigenvalue weighted by molar-refractivity contribution is 6.09. The Kier molecular flexibility index (Phi) is 7.90. The second-order valence-corrected chi connectivity index (χ2v) is 7.09. The highest BCUT2D eigenvalue weighted by Gasteiger charge is 2.27. The van der Waals surface area contributed by atoms with E-state index in [1.165, 1.54) is 60.7 Å². The fourth-order valence-electron chi connectivity index (χ4n) is 2.91. The van der Waals surface area contributed by atoms with Crippen LogP contribution >= 0.6 is 0 Å². The lowest BCUT2D eigenvalue weighted by Gasteiger charge is -2.20. The van der Waals surface area contributed by atoms with Gasteiger partial charge in [0.05, 0.1) is 15.5 Å². The molecule has 12 heteroatoms. The summed E-state index contributed by atoms with van der Waals surface area (Å²) in [6.45, 7) is -0.477. The van der Waals surface area contributed by atoms with Gasteiger partial charge in [-0.25, -0.2) is 9.59 Å². The van der Waals surface area contributed by atoms with Crippen LogP contribution in [0.5, 0.6) is 0 Å². The number of hydrogen-bond acceptors (Lipinski definition) is 9. The van der Waals surface area contributed by atoms with Gasteiger partial charge in [0.1, 0.15) is 13.2 Å². The van der Waals surface area contributed by atoms with E-state index in [-0.39, 0.29) is 30.3 Å². The molecule has 3 aromatic carbocycles. The molecule has 0 saturated heterocycles. The van der Waals surface area contributed by atoms with Crippen LogP contribution in [0.3, 0.4) is 0 Å². The Morgan fingerprint density at radius 2 is 1.14 bits per heavy atom. The van der Waals surface area contributed by atoms with Crippen LogP contribution in [-0.4, -0.2) is 29.1 Å². The first-order valence-electron chi connectivity index (χ1n) is 10.2. The minimum absolute atomic E-state index is 0.110. The van der Waals surface area contributed by atoms with Crippen LogP contribution < -0.4 is 10.2 Å². The summed E-state index contributed by atoms with van der Waals surface area (Å²) in [4.78, 5) is 46.8. The van der Waals surface area contributed by atoms with E-state index < -0.39 is 22.0 Å². The molecule has 0 bridgehead atoms. The molecule has 0 aliphatic carbocycles. The van der Waals surface area contributed by atoms with Crippen molar-refractivity contribution in [3.8, 4) is 0 Å². The molecular weight excluding hydrogens is 460 g/mol. The number of ether oxygens (including phenoxy) is 2. The quantitative estimate of drug-likeness (QED) is 0.345. The lowest BCUT2D eigenvalue weighted by molar-refractivity contribution is -0.385. The van der Waals surface area contributed by atoms with E-state index in [0.29, 0.717) is 16.0 Å². The van der Waals surface area contributed by atoms with E-state index in [4.69, 9.17) is 9.47 Å². The van der Waals surface area contributed by atoms with Crippen LogP contribution in [0.25, 0.3) is 0 Å². The third-order valence-corrected chi connectivity index (χ3v) is 4.80. The summed E-state index contributed by atoms with van der Waals surface area (Å²) in [6, 6.07) is 17.2. The zero-order valence-electron chi connectivity index (χ0n) is 18.5. The standard InChI is InChI=1S/C23H20N4O8/c1-24-18-6-12-19(13-7-18)25(22(28)34-14-16-2-8-20(9-3-16)26(30)31)23(29)35-15-17-4-10-21(11-5-17)27(32)33/h2-13,24H,14-15H2,1H3. The first kappa shape index (κ1) is 24.6. The van der Waals surface area contributed by atoms with Crippen LogP contribution in [0, 0.1) is 20.2 Å². The molecule has 0 heterocycles. The monoisotopic (exact) mass is 480 g/mol. The van der Waals surface area contributed by atoms with Crippen molar-refractivity contribution in [2.24, 2.45) is 0 Å². The van der Waals surface area contributed by atoms with E-state index in [1.807, 2.05) is 0 Å². The van der Waals surface area contributed by atoms with Gasteiger partial charge in [0, 0.05) is 37.0 Å². The van der Waals surface area contributed by atoms with Crippen molar-refractivity contribution in [3.05, 3.63) is 104 Å². The summed E-state index contributed by atoms with van der Waals surface area (Å²) >= 11 is 0. The van der Waals surface area contributed by atoms with Gasteiger partial charge in [-0.1, -0.05) is 0 Å². The maximum absolute atomic E-state index is 12.8. The predicted octanol–water partition coefficient (Wildman–Crippen LogP) is 5.02. The zero-order valence-corrected chi connectivity index (χ0v) is 18.5. The van der Waals surface area contributed by atoms with E-state index in [9.17, 15) is 29.8 Å². The minimum Gasteiger partial charge on any atom is -0.444 e. The topological polar surface area (TPSA) is 154 Å². The lowest BCUT2D eigenvalue weighted by Crippen LogP contribution is -2.37. The molecule has 35 heavy (non-hydrogen) atoms. The second kappa shape index (κ2) is 11.2. The molecule has 0 aliphatic heterocycles. The summed E-state index contributed by atoms with van der Waals surface area (Å²) in [5.41, 5.74) is 1.67. The Balaban J connectivity index is 1.73. The van der Waals surface area contributed by atoms with Gasteiger partial charge in [-0.2, -0.15) is 4.90 Å². The Labute approximate surface area is 199 Å². The summed E-state index contributed by atoms with van der Waals surface area (Å²) in [5, 5.41) is 24.5. The van der Waals surface area contributed by atoms with Gasteiger partial charge in [-0.3, -0.25) is 20.2 Å². The number of imide groups is 1. The van der Waals surface area contributed by atoms with E-state index in [1.54, 1.807) is 19.2 Å². The van der Waals surface area contributed by atoms with Crippen LogP contribution in [0.2, 0.25) is 0 Å². The SMILES string of the molecule is CNc1ccc(N(C(=O)OCc2ccc([N+](=O)[O-])cc2)C(=O)OCc2ccc([N+](=O)[O-])cc2)cc1. The van der Waals surface area contributed by atoms with Crippen LogP contribution in [0.4, 0.5) is 32.3 Å². The molecular formula is C23H20N4O8. The number of nitro benzene ring substituents is 2. The molecule has 0 aliphatic rings. The minimum atomic E-state index is -1.02. The van der Waals surface area contributed by atoms with E-state index >= 15 is 0 Å². The molecule has 0 fully saturated rings. The Bertz CT molecular complexity index is 1140. The normalized spacial score (nSPS) is 10.2. The fraction of sp³-hybridized carbons (Fsp3) is 0.130. The lowest BCUT2D eigenvalue weighted by atomic mass is 10.2. The van der Waals surface area contributed by atoms with Gasteiger partial charge in [-0.15, -0.1) is 0 Å². The molecule has 0 saturated carbocycles. The molecule has 3 rings (SSSR count). The number of nitro groups is 2. The maximum atomic E-state index is 12.8. The van der Waals surface area contributed by atoms with Crippen molar-refractivity contribution in [1.29, 1.82) is 0 Å². The Hall–Kier alpha value is -5.00. The number of anilines is 2. The molecule has 0 aromatic heterocycles. The molecule has 1 N–H and O–H groups in total. The van der Waals surface area contributed by atoms with Crippen molar-refractivity contribution < 1.29 is 28.9 Å². The third kappa shape index (κ3) is 6.51. The maximum Gasteiger partial charge on any atom is 0.424 e. The van der Waals surface area contributed by atoms with Crippen LogP contribution in [0.1, 0.15) is 11.1 Å². The summed E-state index contributed by atoms with van der Waals surface area (Å²) < 4.78 is 10.5. The fourth-order valence-corrected chi connectivity index (χ4v) is 2.91. The first-order chi connectivity index (χ1) is 16.8. The number of non-ortho nitro benzene ring substituents is 2. The Morgan fingerprint density at radius 1 is 0.743 bits per heavy atom. The zero-order chi connectivity index (χ0) is 25.4. The molecule has 0 unspecified atom stereocenters. The molecule has 180 valence electrons. The van der Waals surface area contributed by atoms with Crippen molar-refractivity contribution in [1.82, 2.24) is 0 Å². The van der Waals surface area contributed by atoms with Crippen LogP contribution in [0.15, 0.2) is 72.8 Å². The number of nitrogens with zero attached hydrogens (tertiary/aromatic N) is 3. The predicted molar refractivity (Wildman–Crippen MR) is 125 cm³/mol. The number of amides is 2. The van der Waals surface area contributed by atoms with Gasteiger partial charge >= 0.3 is 12.2 Å². The van der Waals surface area contributed by atoms with Crippen molar-refractivity contribution in [2.45, 2.75) is 13.2 Å². The second-order valence-electron chi connectivity index (χ2n) is 7.09. The Morgan fingerprint density at radius 3 is 1.49 bits per heavy atom. The third-order valence-electron chi connectivity index (χ3n) is 4.80. The van der Waals surface area contributed by atoms with Gasteiger partial charge in [0.25, 0.3) is 11.4 Å². The largest absolute Gasteiger partial charge is 0.444 e. The van der Waals surface area contributed by atoms with E-state index in [0.717, 1.165) is 5.69 Å². The number of benzene rings is 3. The number of carbonyl (C=O) groups is 2. The summed E-state index contributed by atoms with van der Waals surface area (Å²) in [6.07, 6.45) is -2.04. The molecule has 12 nitrogen and oxygen atoms in total. The van der Waals surface area contributed by atoms with Crippen molar-refractivity contribution in [3.63, 3.8) is 0 Å². The number of rotatable bonds is 8. The van der Waals surface area contributed by atoms with E-state index in [2.05, 4.69) is 5.32 Å². The number of nitrogens with one attached hydrogen (secondary N) is 1. The summed E-state index contributed by atoms with van der Waals surface area (Å²) in [5.74, 6) is 0. The van der Waals surface area contributed by atoms with Crippen molar-refractivity contribution in [2.75, 3.05) is 17.3 Å². The smallest absolute Gasteiger partial charge is 0.424 e. The average molecular weight is 480 g/mol. The number of carbonyl (C=O) groups excluding carboxylic acids is 2. The van der Waals surface area contributed by atoms with Crippen molar-refractivity contribution >= 4 is 34.9 Å². The summed E-state index contributed by atoms with van der Waals surface area (Å²) in [7, 11) is 1.71. The highest BCUT2D eigenvalue weighted by atomic mass is 16.6. The molecule has 2 amide bonds. The van der Waals surface area contributed by atoms with Crippen LogP contribution in [-0.2, 0) is 22.7 Å². The molecule has 0 atom stereocenters. The van der Waals surface area contributed by atoms with Gasteiger partial charge in [-0.05, 0) is 59.7 Å². The highest BCUT2D eigenvalue weighted by Crippen LogP contribution is 2.21. The molecule has 0 radical (unpaired) electrons.